The maximum absolute atomic E-state index is 12.1. The second-order valence-corrected chi connectivity index (χ2v) is 8.91. The third kappa shape index (κ3) is 5.92. The molecule has 0 fully saturated rings. The summed E-state index contributed by atoms with van der Waals surface area (Å²) in [4.78, 5) is 21.4. The van der Waals surface area contributed by atoms with Gasteiger partial charge in [0.25, 0.3) is 5.19 Å². The lowest BCUT2D eigenvalue weighted by Gasteiger charge is -2.26. The SMILES string of the molecule is Cl.O=C(Cc1cccnc1)NCc1cnc(Oc2ccc3c(c2)CCC(c2ccccc2)O3)s1. The fraction of sp³-hybridized carbons (Fsp3) is 0.192. The Morgan fingerprint density at radius 1 is 1.12 bits per heavy atom. The van der Waals surface area contributed by atoms with E-state index in [-0.39, 0.29) is 24.4 Å². The number of carbonyl (C=O) groups excluding carboxylic acids is 1. The molecule has 0 aliphatic carbocycles. The van der Waals surface area contributed by atoms with Gasteiger partial charge in [0, 0.05) is 23.5 Å². The summed E-state index contributed by atoms with van der Waals surface area (Å²) in [6, 6.07) is 19.9. The van der Waals surface area contributed by atoms with Crippen LogP contribution in [0.15, 0.2) is 79.3 Å². The molecule has 6 nitrogen and oxygen atoms in total. The van der Waals surface area contributed by atoms with Crippen LogP contribution in [0, 0.1) is 0 Å². The van der Waals surface area contributed by atoms with E-state index in [1.54, 1.807) is 18.6 Å². The quantitative estimate of drug-likeness (QED) is 0.358. The molecular formula is C26H24ClN3O3S. The third-order valence-electron chi connectivity index (χ3n) is 5.43. The zero-order valence-corrected chi connectivity index (χ0v) is 20.0. The standard InChI is InChI=1S/C26H23N3O3S.ClH/c30-25(13-18-5-4-12-27-15-18)28-16-22-17-29-26(33-22)31-21-9-11-24-20(14-21)8-10-23(32-24)19-6-2-1-3-7-19;/h1-7,9,11-12,14-15,17,23H,8,10,13,16H2,(H,28,30);1H. The molecule has 1 N–H and O–H groups in total. The molecule has 34 heavy (non-hydrogen) atoms. The summed E-state index contributed by atoms with van der Waals surface area (Å²) in [5.74, 6) is 1.58. The molecule has 2 aromatic carbocycles. The molecule has 1 amide bonds. The number of nitrogens with one attached hydrogen (secondary N) is 1. The van der Waals surface area contributed by atoms with Gasteiger partial charge in [-0.05, 0) is 53.8 Å². The largest absolute Gasteiger partial charge is 0.485 e. The average molecular weight is 494 g/mol. The van der Waals surface area contributed by atoms with Crippen molar-refractivity contribution in [3.63, 3.8) is 0 Å². The number of fused-ring (bicyclic) bond motifs is 1. The summed E-state index contributed by atoms with van der Waals surface area (Å²) in [5.41, 5.74) is 3.22. The highest BCUT2D eigenvalue weighted by Crippen LogP contribution is 2.38. The molecule has 1 unspecified atom stereocenters. The Morgan fingerprint density at radius 2 is 2.00 bits per heavy atom. The van der Waals surface area contributed by atoms with Crippen LogP contribution in [-0.2, 0) is 24.2 Å². The van der Waals surface area contributed by atoms with Crippen molar-refractivity contribution in [1.29, 1.82) is 0 Å². The normalized spacial score (nSPS) is 14.3. The predicted molar refractivity (Wildman–Crippen MR) is 134 cm³/mol. The monoisotopic (exact) mass is 493 g/mol. The van der Waals surface area contributed by atoms with Gasteiger partial charge in [-0.1, -0.05) is 47.7 Å². The summed E-state index contributed by atoms with van der Waals surface area (Å²) in [6.07, 6.45) is 7.37. The van der Waals surface area contributed by atoms with Crippen LogP contribution in [0.1, 0.15) is 34.1 Å². The fourth-order valence-corrected chi connectivity index (χ4v) is 4.50. The highest BCUT2D eigenvalue weighted by molar-refractivity contribution is 7.13. The van der Waals surface area contributed by atoms with E-state index in [9.17, 15) is 4.79 Å². The number of nitrogens with zero attached hydrogens (tertiary/aromatic N) is 2. The third-order valence-corrected chi connectivity index (χ3v) is 6.31. The van der Waals surface area contributed by atoms with Gasteiger partial charge < -0.3 is 14.8 Å². The fourth-order valence-electron chi connectivity index (χ4n) is 3.79. The molecule has 0 radical (unpaired) electrons. The molecule has 5 rings (SSSR count). The summed E-state index contributed by atoms with van der Waals surface area (Å²) in [5, 5.41) is 3.46. The first-order valence-electron chi connectivity index (χ1n) is 10.9. The molecule has 3 heterocycles. The van der Waals surface area contributed by atoms with Crippen molar-refractivity contribution in [1.82, 2.24) is 15.3 Å². The second kappa shape index (κ2) is 11.1. The maximum atomic E-state index is 12.1. The molecule has 8 heteroatoms. The minimum Gasteiger partial charge on any atom is -0.485 e. The van der Waals surface area contributed by atoms with E-state index in [0.29, 0.717) is 18.2 Å². The lowest BCUT2D eigenvalue weighted by atomic mass is 9.97. The Labute approximate surface area is 208 Å². The smallest absolute Gasteiger partial charge is 0.278 e. The van der Waals surface area contributed by atoms with E-state index in [4.69, 9.17) is 9.47 Å². The number of aryl methyl sites for hydroxylation is 1. The van der Waals surface area contributed by atoms with Crippen LogP contribution in [-0.4, -0.2) is 15.9 Å². The molecule has 0 saturated heterocycles. The van der Waals surface area contributed by atoms with E-state index < -0.39 is 0 Å². The number of aromatic nitrogens is 2. The van der Waals surface area contributed by atoms with Crippen LogP contribution in [0.4, 0.5) is 0 Å². The molecular weight excluding hydrogens is 470 g/mol. The van der Waals surface area contributed by atoms with Crippen molar-refractivity contribution < 1.29 is 14.3 Å². The van der Waals surface area contributed by atoms with Gasteiger partial charge in [0.15, 0.2) is 0 Å². The molecule has 1 aliphatic rings. The molecule has 0 spiro atoms. The van der Waals surface area contributed by atoms with Crippen molar-refractivity contribution in [2.45, 2.75) is 31.9 Å². The van der Waals surface area contributed by atoms with Crippen LogP contribution in [0.25, 0.3) is 0 Å². The highest BCUT2D eigenvalue weighted by atomic mass is 35.5. The topological polar surface area (TPSA) is 73.3 Å². The number of halogens is 1. The summed E-state index contributed by atoms with van der Waals surface area (Å²) in [6.45, 7) is 0.416. The van der Waals surface area contributed by atoms with Crippen LogP contribution in [0.5, 0.6) is 16.7 Å². The Bertz CT molecular complexity index is 1230. The van der Waals surface area contributed by atoms with E-state index >= 15 is 0 Å². The van der Waals surface area contributed by atoms with Gasteiger partial charge in [-0.15, -0.1) is 12.4 Å². The first kappa shape index (κ1) is 23.7. The minimum atomic E-state index is -0.0534. The number of pyridine rings is 1. The van der Waals surface area contributed by atoms with E-state index in [2.05, 4.69) is 27.4 Å². The van der Waals surface area contributed by atoms with Crippen molar-refractivity contribution >= 4 is 29.7 Å². The highest BCUT2D eigenvalue weighted by Gasteiger charge is 2.21. The van der Waals surface area contributed by atoms with Crippen molar-refractivity contribution in [3.05, 3.63) is 101 Å². The number of thiazole rings is 1. The molecule has 2 aromatic heterocycles. The van der Waals surface area contributed by atoms with Gasteiger partial charge in [-0.3, -0.25) is 9.78 Å². The predicted octanol–water partition coefficient (Wildman–Crippen LogP) is 5.68. The van der Waals surface area contributed by atoms with Gasteiger partial charge in [-0.2, -0.15) is 0 Å². The van der Waals surface area contributed by atoms with Crippen molar-refractivity contribution in [2.75, 3.05) is 0 Å². The Kier molecular flexibility index (Phi) is 7.77. The number of amides is 1. The summed E-state index contributed by atoms with van der Waals surface area (Å²) < 4.78 is 12.2. The minimum absolute atomic E-state index is 0. The maximum Gasteiger partial charge on any atom is 0.278 e. The molecule has 0 bridgehead atoms. The van der Waals surface area contributed by atoms with E-state index in [1.807, 2.05) is 48.5 Å². The number of benzene rings is 2. The first-order chi connectivity index (χ1) is 16.2. The van der Waals surface area contributed by atoms with Crippen LogP contribution < -0.4 is 14.8 Å². The lowest BCUT2D eigenvalue weighted by molar-refractivity contribution is -0.120. The van der Waals surface area contributed by atoms with Gasteiger partial charge in [0.05, 0.1) is 13.0 Å². The molecule has 1 aliphatic heterocycles. The number of rotatable bonds is 7. The number of hydrogen-bond acceptors (Lipinski definition) is 6. The number of carbonyl (C=O) groups is 1. The van der Waals surface area contributed by atoms with E-state index in [1.165, 1.54) is 16.9 Å². The van der Waals surface area contributed by atoms with Gasteiger partial charge in [-0.25, -0.2) is 4.98 Å². The van der Waals surface area contributed by atoms with Crippen molar-refractivity contribution in [3.8, 4) is 16.7 Å². The molecule has 1 atom stereocenters. The van der Waals surface area contributed by atoms with Crippen LogP contribution in [0.3, 0.4) is 0 Å². The number of hydrogen-bond donors (Lipinski definition) is 1. The Hall–Kier alpha value is -3.42. The lowest BCUT2D eigenvalue weighted by Crippen LogP contribution is -2.24. The molecule has 174 valence electrons. The zero-order valence-electron chi connectivity index (χ0n) is 18.3. The van der Waals surface area contributed by atoms with E-state index in [0.717, 1.165) is 40.3 Å². The van der Waals surface area contributed by atoms with Crippen molar-refractivity contribution in [2.24, 2.45) is 0 Å². The Balaban J connectivity index is 0.00000274. The van der Waals surface area contributed by atoms with Crippen LogP contribution in [0.2, 0.25) is 0 Å². The summed E-state index contributed by atoms with van der Waals surface area (Å²) in [7, 11) is 0. The van der Waals surface area contributed by atoms with Gasteiger partial charge >= 0.3 is 0 Å². The molecule has 4 aromatic rings. The second-order valence-electron chi connectivity index (χ2n) is 7.83. The van der Waals surface area contributed by atoms with Gasteiger partial charge in [0.1, 0.15) is 17.6 Å². The first-order valence-corrected chi connectivity index (χ1v) is 11.7. The summed E-state index contributed by atoms with van der Waals surface area (Å²) >= 11 is 1.42. The van der Waals surface area contributed by atoms with Crippen LogP contribution >= 0.6 is 23.7 Å². The van der Waals surface area contributed by atoms with Gasteiger partial charge in [0.2, 0.25) is 5.91 Å². The zero-order chi connectivity index (χ0) is 22.5. The molecule has 0 saturated carbocycles. The Morgan fingerprint density at radius 3 is 2.82 bits per heavy atom. The number of ether oxygens (including phenoxy) is 2. The average Bonchev–Trinajstić information content (AvgIpc) is 3.31.